The maximum Gasteiger partial charge on any atom is 0.139 e. The molecule has 94 valence electrons. The number of rotatable bonds is 1. The lowest BCUT2D eigenvalue weighted by Crippen LogP contribution is -1.79. The molecule has 20 heavy (non-hydrogen) atoms. The van der Waals surface area contributed by atoms with Gasteiger partial charge in [-0.3, -0.25) is 0 Å². The van der Waals surface area contributed by atoms with Crippen molar-refractivity contribution in [3.63, 3.8) is 0 Å². The molecule has 0 radical (unpaired) electrons. The number of furan rings is 1. The SMILES string of the molecule is N#Cc1ccc(O)c(-c2cc3cc(C#N)ccc3o2)c1. The fourth-order valence-electron chi connectivity index (χ4n) is 2.05. The Morgan fingerprint density at radius 3 is 2.35 bits per heavy atom. The Bertz CT molecular complexity index is 895. The molecule has 0 spiro atoms. The van der Waals surface area contributed by atoms with E-state index in [4.69, 9.17) is 14.9 Å². The number of benzene rings is 2. The van der Waals surface area contributed by atoms with Crippen LogP contribution >= 0.6 is 0 Å². The Morgan fingerprint density at radius 1 is 0.900 bits per heavy atom. The highest BCUT2D eigenvalue weighted by Crippen LogP contribution is 2.34. The lowest BCUT2D eigenvalue weighted by Gasteiger charge is -2.00. The van der Waals surface area contributed by atoms with E-state index >= 15 is 0 Å². The van der Waals surface area contributed by atoms with Gasteiger partial charge < -0.3 is 9.52 Å². The van der Waals surface area contributed by atoms with Gasteiger partial charge in [0.25, 0.3) is 0 Å². The van der Waals surface area contributed by atoms with Crippen LogP contribution in [-0.2, 0) is 0 Å². The van der Waals surface area contributed by atoms with Gasteiger partial charge in [0, 0.05) is 5.39 Å². The average Bonchev–Trinajstić information content (AvgIpc) is 2.90. The topological polar surface area (TPSA) is 81.0 Å². The molecule has 3 aromatic rings. The van der Waals surface area contributed by atoms with Gasteiger partial charge in [0.1, 0.15) is 17.1 Å². The normalized spacial score (nSPS) is 10.1. The van der Waals surface area contributed by atoms with Gasteiger partial charge >= 0.3 is 0 Å². The van der Waals surface area contributed by atoms with Gasteiger partial charge in [0.05, 0.1) is 28.8 Å². The second-order valence-electron chi connectivity index (χ2n) is 4.32. The number of nitrogens with zero attached hydrogens (tertiary/aromatic N) is 2. The molecule has 2 aromatic carbocycles. The Balaban J connectivity index is 2.20. The summed E-state index contributed by atoms with van der Waals surface area (Å²) >= 11 is 0. The molecule has 3 rings (SSSR count). The molecule has 1 aromatic heterocycles. The molecule has 0 aliphatic heterocycles. The number of phenols is 1. The van der Waals surface area contributed by atoms with E-state index in [1.54, 1.807) is 30.3 Å². The Morgan fingerprint density at radius 2 is 1.60 bits per heavy atom. The number of nitriles is 2. The van der Waals surface area contributed by atoms with Gasteiger partial charge in [-0.25, -0.2) is 0 Å². The first-order valence-corrected chi connectivity index (χ1v) is 5.88. The summed E-state index contributed by atoms with van der Waals surface area (Å²) in [6, 6.07) is 15.5. The molecule has 0 saturated heterocycles. The molecule has 0 fully saturated rings. The van der Waals surface area contributed by atoms with Crippen molar-refractivity contribution in [1.29, 1.82) is 10.5 Å². The van der Waals surface area contributed by atoms with Crippen molar-refractivity contribution in [3.8, 4) is 29.2 Å². The number of phenolic OH excluding ortho intramolecular Hbond substituents is 1. The van der Waals surface area contributed by atoms with Crippen molar-refractivity contribution in [2.75, 3.05) is 0 Å². The molecule has 4 heteroatoms. The molecule has 0 unspecified atom stereocenters. The van der Waals surface area contributed by atoms with Crippen LogP contribution in [-0.4, -0.2) is 5.11 Å². The van der Waals surface area contributed by atoms with Crippen LogP contribution in [0.15, 0.2) is 46.9 Å². The monoisotopic (exact) mass is 260 g/mol. The van der Waals surface area contributed by atoms with E-state index in [2.05, 4.69) is 6.07 Å². The van der Waals surface area contributed by atoms with E-state index in [-0.39, 0.29) is 5.75 Å². The third kappa shape index (κ3) is 1.86. The minimum atomic E-state index is 0.0450. The molecule has 0 bridgehead atoms. The first-order chi connectivity index (χ1) is 9.71. The molecule has 0 aliphatic carbocycles. The zero-order chi connectivity index (χ0) is 14.1. The standard InChI is InChI=1S/C16H8N2O2/c17-8-10-2-4-15-12(5-10)7-16(20-15)13-6-11(9-18)1-3-14(13)19/h1-7,19H. The number of aromatic hydroxyl groups is 1. The van der Waals surface area contributed by atoms with Gasteiger partial charge in [-0.15, -0.1) is 0 Å². The Labute approximate surface area is 114 Å². The first-order valence-electron chi connectivity index (χ1n) is 5.88. The highest BCUT2D eigenvalue weighted by Gasteiger charge is 2.11. The average molecular weight is 260 g/mol. The largest absolute Gasteiger partial charge is 0.507 e. The summed E-state index contributed by atoms with van der Waals surface area (Å²) < 4.78 is 5.66. The first kappa shape index (κ1) is 11.8. The highest BCUT2D eigenvalue weighted by molar-refractivity contribution is 5.85. The molecular formula is C16H8N2O2. The molecule has 0 aliphatic rings. The molecular weight excluding hydrogens is 252 g/mol. The van der Waals surface area contributed by atoms with E-state index in [1.807, 2.05) is 6.07 Å². The molecule has 0 amide bonds. The van der Waals surface area contributed by atoms with Crippen molar-refractivity contribution < 1.29 is 9.52 Å². The highest BCUT2D eigenvalue weighted by atomic mass is 16.3. The third-order valence-corrected chi connectivity index (χ3v) is 3.04. The number of hydrogen-bond donors (Lipinski definition) is 1. The maximum absolute atomic E-state index is 9.89. The van der Waals surface area contributed by atoms with Crippen LogP contribution in [0.4, 0.5) is 0 Å². The van der Waals surface area contributed by atoms with Crippen LogP contribution in [0.1, 0.15) is 11.1 Å². The molecule has 0 saturated carbocycles. The Kier molecular flexibility index (Phi) is 2.64. The summed E-state index contributed by atoms with van der Waals surface area (Å²) in [6.45, 7) is 0. The Hall–Kier alpha value is -3.24. The summed E-state index contributed by atoms with van der Waals surface area (Å²) in [5.41, 5.74) is 2.07. The fraction of sp³-hybridized carbons (Fsp3) is 0. The van der Waals surface area contributed by atoms with Gasteiger partial charge in [-0.2, -0.15) is 10.5 Å². The minimum Gasteiger partial charge on any atom is -0.507 e. The zero-order valence-electron chi connectivity index (χ0n) is 10.3. The van der Waals surface area contributed by atoms with Crippen LogP contribution in [0.5, 0.6) is 5.75 Å². The van der Waals surface area contributed by atoms with E-state index in [0.717, 1.165) is 5.39 Å². The van der Waals surface area contributed by atoms with E-state index in [9.17, 15) is 5.11 Å². The van der Waals surface area contributed by atoms with Gasteiger partial charge in [0.15, 0.2) is 0 Å². The van der Waals surface area contributed by atoms with Gasteiger partial charge in [-0.1, -0.05) is 0 Å². The smallest absolute Gasteiger partial charge is 0.139 e. The zero-order valence-corrected chi connectivity index (χ0v) is 10.3. The van der Waals surface area contributed by atoms with Crippen molar-refractivity contribution in [3.05, 3.63) is 53.6 Å². The van der Waals surface area contributed by atoms with Crippen molar-refractivity contribution >= 4 is 11.0 Å². The second kappa shape index (κ2) is 4.46. The van der Waals surface area contributed by atoms with Crippen LogP contribution < -0.4 is 0 Å². The van der Waals surface area contributed by atoms with Gasteiger partial charge in [-0.05, 0) is 42.5 Å². The maximum atomic E-state index is 9.89. The quantitative estimate of drug-likeness (QED) is 0.725. The molecule has 1 N–H and O–H groups in total. The van der Waals surface area contributed by atoms with E-state index in [0.29, 0.717) is 28.0 Å². The van der Waals surface area contributed by atoms with E-state index < -0.39 is 0 Å². The number of fused-ring (bicyclic) bond motifs is 1. The second-order valence-corrected chi connectivity index (χ2v) is 4.32. The van der Waals surface area contributed by atoms with E-state index in [1.165, 1.54) is 12.1 Å². The predicted octanol–water partition coefficient (Wildman–Crippen LogP) is 3.55. The number of hydrogen-bond acceptors (Lipinski definition) is 4. The van der Waals surface area contributed by atoms with Crippen molar-refractivity contribution in [2.24, 2.45) is 0 Å². The summed E-state index contributed by atoms with van der Waals surface area (Å²) in [6.07, 6.45) is 0. The predicted molar refractivity (Wildman–Crippen MR) is 72.7 cm³/mol. The van der Waals surface area contributed by atoms with Gasteiger partial charge in [0.2, 0.25) is 0 Å². The lowest BCUT2D eigenvalue weighted by atomic mass is 10.1. The van der Waals surface area contributed by atoms with Crippen LogP contribution in [0.25, 0.3) is 22.3 Å². The van der Waals surface area contributed by atoms with Crippen LogP contribution in [0.3, 0.4) is 0 Å². The minimum absolute atomic E-state index is 0.0450. The summed E-state index contributed by atoms with van der Waals surface area (Å²) in [5.74, 6) is 0.508. The summed E-state index contributed by atoms with van der Waals surface area (Å²) in [7, 11) is 0. The van der Waals surface area contributed by atoms with Crippen LogP contribution in [0.2, 0.25) is 0 Å². The fourth-order valence-corrected chi connectivity index (χ4v) is 2.05. The van der Waals surface area contributed by atoms with Crippen molar-refractivity contribution in [1.82, 2.24) is 0 Å². The van der Waals surface area contributed by atoms with Crippen molar-refractivity contribution in [2.45, 2.75) is 0 Å². The lowest BCUT2D eigenvalue weighted by molar-refractivity contribution is 0.474. The molecule has 4 nitrogen and oxygen atoms in total. The molecule has 1 heterocycles. The van der Waals surface area contributed by atoms with Crippen LogP contribution in [0, 0.1) is 22.7 Å². The molecule has 0 atom stereocenters. The summed E-state index contributed by atoms with van der Waals surface area (Å²) in [5, 5.41) is 28.5. The third-order valence-electron chi connectivity index (χ3n) is 3.04. The summed E-state index contributed by atoms with van der Waals surface area (Å²) in [4.78, 5) is 0.